The largest absolute Gasteiger partial charge is 0.493 e. The van der Waals surface area contributed by atoms with Gasteiger partial charge in [-0.1, -0.05) is 12.1 Å². The van der Waals surface area contributed by atoms with Crippen LogP contribution < -0.4 is 19.7 Å². The zero-order valence-electron chi connectivity index (χ0n) is 16.9. The molecule has 0 aliphatic rings. The number of likely N-dealkylation sites (N-methyl/N-ethyl adjacent to an activating group) is 1. The third-order valence-corrected chi connectivity index (χ3v) is 4.40. The molecule has 28 heavy (non-hydrogen) atoms. The normalized spacial score (nSPS) is 11.5. The van der Waals surface area contributed by atoms with Crippen molar-refractivity contribution in [3.63, 3.8) is 0 Å². The fourth-order valence-corrected chi connectivity index (χ4v) is 2.95. The molecule has 0 saturated heterocycles. The standard InChI is InChI=1S/C21H26N2O5/c1-14-10-18(26-3)19(27-4)11-15(14)12-23(2)13-20(24)22-17-9-7-6-8-16(17)21(25)28-5/h6-11H,12-13H2,1-5H3,(H,22,24)/p+1. The van der Waals surface area contributed by atoms with Crippen LogP contribution in [0.25, 0.3) is 0 Å². The average molecular weight is 387 g/mol. The van der Waals surface area contributed by atoms with Crippen LogP contribution in [-0.4, -0.2) is 46.8 Å². The summed E-state index contributed by atoms with van der Waals surface area (Å²) in [5.41, 5.74) is 2.90. The van der Waals surface area contributed by atoms with Crippen molar-refractivity contribution in [2.24, 2.45) is 0 Å². The Balaban J connectivity index is 2.05. The summed E-state index contributed by atoms with van der Waals surface area (Å²) in [7, 11) is 6.44. The summed E-state index contributed by atoms with van der Waals surface area (Å²) in [6.45, 7) is 2.87. The van der Waals surface area contributed by atoms with Gasteiger partial charge in [0, 0.05) is 5.56 Å². The fraction of sp³-hybridized carbons (Fsp3) is 0.333. The van der Waals surface area contributed by atoms with Crippen LogP contribution >= 0.6 is 0 Å². The Morgan fingerprint density at radius 3 is 2.32 bits per heavy atom. The molecule has 1 amide bonds. The van der Waals surface area contributed by atoms with Crippen molar-refractivity contribution >= 4 is 17.6 Å². The highest BCUT2D eigenvalue weighted by Gasteiger charge is 2.17. The molecule has 150 valence electrons. The number of ether oxygens (including phenoxy) is 3. The van der Waals surface area contributed by atoms with Crippen molar-refractivity contribution in [2.75, 3.05) is 40.2 Å². The summed E-state index contributed by atoms with van der Waals surface area (Å²) in [5.74, 6) is 0.662. The van der Waals surface area contributed by atoms with Crippen molar-refractivity contribution in [1.82, 2.24) is 0 Å². The molecule has 0 aromatic heterocycles. The molecule has 0 radical (unpaired) electrons. The third kappa shape index (κ3) is 5.23. The van der Waals surface area contributed by atoms with Crippen LogP contribution in [0.2, 0.25) is 0 Å². The van der Waals surface area contributed by atoms with E-state index in [0.29, 0.717) is 29.3 Å². The second-order valence-electron chi connectivity index (χ2n) is 6.53. The van der Waals surface area contributed by atoms with E-state index in [1.54, 1.807) is 38.5 Å². The van der Waals surface area contributed by atoms with Gasteiger partial charge in [-0.05, 0) is 36.8 Å². The minimum Gasteiger partial charge on any atom is -0.493 e. The van der Waals surface area contributed by atoms with Crippen molar-refractivity contribution in [3.8, 4) is 11.5 Å². The van der Waals surface area contributed by atoms with Crippen LogP contribution in [0, 0.1) is 6.92 Å². The highest BCUT2D eigenvalue weighted by molar-refractivity contribution is 6.01. The van der Waals surface area contributed by atoms with E-state index in [-0.39, 0.29) is 12.5 Å². The number of amides is 1. The molecule has 7 nitrogen and oxygen atoms in total. The number of para-hydroxylation sites is 1. The predicted octanol–water partition coefficient (Wildman–Crippen LogP) is 1.45. The highest BCUT2D eigenvalue weighted by Crippen LogP contribution is 2.29. The van der Waals surface area contributed by atoms with E-state index < -0.39 is 5.97 Å². The van der Waals surface area contributed by atoms with E-state index in [2.05, 4.69) is 5.32 Å². The number of carbonyl (C=O) groups is 2. The van der Waals surface area contributed by atoms with Gasteiger partial charge in [0.2, 0.25) is 0 Å². The Morgan fingerprint density at radius 1 is 1.04 bits per heavy atom. The fourth-order valence-electron chi connectivity index (χ4n) is 2.95. The smallest absolute Gasteiger partial charge is 0.339 e. The molecule has 1 unspecified atom stereocenters. The summed E-state index contributed by atoms with van der Waals surface area (Å²) in [6, 6.07) is 10.6. The van der Waals surface area contributed by atoms with Crippen LogP contribution in [0.15, 0.2) is 36.4 Å². The lowest BCUT2D eigenvalue weighted by Gasteiger charge is -2.17. The second kappa shape index (κ2) is 9.75. The maximum atomic E-state index is 12.5. The topological polar surface area (TPSA) is 78.3 Å². The zero-order valence-corrected chi connectivity index (χ0v) is 16.9. The molecule has 0 bridgehead atoms. The van der Waals surface area contributed by atoms with E-state index in [0.717, 1.165) is 16.0 Å². The van der Waals surface area contributed by atoms with Crippen LogP contribution in [0.1, 0.15) is 21.5 Å². The van der Waals surface area contributed by atoms with Gasteiger partial charge in [-0.25, -0.2) is 4.79 Å². The molecule has 0 spiro atoms. The number of methoxy groups -OCH3 is 3. The molecule has 0 saturated carbocycles. The maximum Gasteiger partial charge on any atom is 0.339 e. The number of anilines is 1. The summed E-state index contributed by atoms with van der Waals surface area (Å²) in [6.07, 6.45) is 0. The number of aryl methyl sites for hydroxylation is 1. The number of carbonyl (C=O) groups excluding carboxylic acids is 2. The van der Waals surface area contributed by atoms with Crippen molar-refractivity contribution in [1.29, 1.82) is 0 Å². The zero-order chi connectivity index (χ0) is 20.7. The number of esters is 1. The first kappa shape index (κ1) is 21.2. The average Bonchev–Trinajstić information content (AvgIpc) is 2.68. The lowest BCUT2D eigenvalue weighted by Crippen LogP contribution is -3.08. The Morgan fingerprint density at radius 2 is 1.68 bits per heavy atom. The summed E-state index contributed by atoms with van der Waals surface area (Å²) >= 11 is 0. The molecule has 7 heteroatoms. The Labute approximate surface area is 165 Å². The SMILES string of the molecule is COC(=O)c1ccccc1NC(=O)C[NH+](C)Cc1cc(OC)c(OC)cc1C. The first-order chi connectivity index (χ1) is 13.4. The Kier molecular flexibility index (Phi) is 7.40. The van der Waals surface area contributed by atoms with E-state index in [9.17, 15) is 9.59 Å². The number of benzene rings is 2. The van der Waals surface area contributed by atoms with Gasteiger partial charge in [-0.3, -0.25) is 4.79 Å². The maximum absolute atomic E-state index is 12.5. The number of nitrogens with one attached hydrogen (secondary N) is 2. The van der Waals surface area contributed by atoms with Crippen molar-refractivity contribution in [3.05, 3.63) is 53.1 Å². The van der Waals surface area contributed by atoms with Gasteiger partial charge in [0.15, 0.2) is 18.0 Å². The van der Waals surface area contributed by atoms with E-state index in [1.165, 1.54) is 7.11 Å². The second-order valence-corrected chi connectivity index (χ2v) is 6.53. The molecule has 2 aromatic carbocycles. The van der Waals surface area contributed by atoms with E-state index in [1.807, 2.05) is 26.1 Å². The number of quaternary nitrogens is 1. The van der Waals surface area contributed by atoms with Gasteiger partial charge < -0.3 is 24.4 Å². The molecule has 0 aliphatic heterocycles. The molecule has 2 rings (SSSR count). The molecular weight excluding hydrogens is 360 g/mol. The van der Waals surface area contributed by atoms with Gasteiger partial charge >= 0.3 is 5.97 Å². The molecule has 0 aliphatic carbocycles. The van der Waals surface area contributed by atoms with Crippen molar-refractivity contribution < 1.29 is 28.7 Å². The third-order valence-electron chi connectivity index (χ3n) is 4.40. The number of rotatable bonds is 8. The van der Waals surface area contributed by atoms with Gasteiger partial charge in [0.1, 0.15) is 6.54 Å². The molecule has 2 N–H and O–H groups in total. The van der Waals surface area contributed by atoms with E-state index in [4.69, 9.17) is 14.2 Å². The highest BCUT2D eigenvalue weighted by atomic mass is 16.5. The summed E-state index contributed by atoms with van der Waals surface area (Å²) in [5, 5.41) is 2.79. The van der Waals surface area contributed by atoms with Crippen LogP contribution in [-0.2, 0) is 16.1 Å². The summed E-state index contributed by atoms with van der Waals surface area (Å²) in [4.78, 5) is 25.3. The van der Waals surface area contributed by atoms with Gasteiger partial charge in [-0.15, -0.1) is 0 Å². The predicted molar refractivity (Wildman–Crippen MR) is 106 cm³/mol. The van der Waals surface area contributed by atoms with Crippen LogP contribution in [0.3, 0.4) is 0 Å². The lowest BCUT2D eigenvalue weighted by atomic mass is 10.1. The summed E-state index contributed by atoms with van der Waals surface area (Å²) < 4.78 is 15.4. The van der Waals surface area contributed by atoms with Gasteiger partial charge in [0.25, 0.3) is 5.91 Å². The molecule has 0 fully saturated rings. The van der Waals surface area contributed by atoms with Gasteiger partial charge in [0.05, 0.1) is 39.6 Å². The molecular formula is C21H27N2O5+. The molecule has 2 aromatic rings. The number of hydrogen-bond acceptors (Lipinski definition) is 5. The monoisotopic (exact) mass is 387 g/mol. The molecule has 1 atom stereocenters. The Bertz CT molecular complexity index is 851. The van der Waals surface area contributed by atoms with E-state index >= 15 is 0 Å². The first-order valence-electron chi connectivity index (χ1n) is 8.89. The van der Waals surface area contributed by atoms with Crippen LogP contribution in [0.4, 0.5) is 5.69 Å². The quantitative estimate of drug-likeness (QED) is 0.671. The number of hydrogen-bond donors (Lipinski definition) is 2. The minimum atomic E-state index is -0.488. The van der Waals surface area contributed by atoms with Crippen LogP contribution in [0.5, 0.6) is 11.5 Å². The minimum absolute atomic E-state index is 0.188. The first-order valence-corrected chi connectivity index (χ1v) is 8.89. The van der Waals surface area contributed by atoms with Crippen molar-refractivity contribution in [2.45, 2.75) is 13.5 Å². The van der Waals surface area contributed by atoms with Gasteiger partial charge in [-0.2, -0.15) is 0 Å². The molecule has 0 heterocycles. The Hall–Kier alpha value is -3.06. The lowest BCUT2D eigenvalue weighted by molar-refractivity contribution is -0.885.